The summed E-state index contributed by atoms with van der Waals surface area (Å²) in [5.74, 6) is 0. The van der Waals surface area contributed by atoms with Gasteiger partial charge < -0.3 is 0 Å². The first-order valence-corrected chi connectivity index (χ1v) is 7.42. The molecule has 0 spiro atoms. The van der Waals surface area contributed by atoms with Gasteiger partial charge in [-0.3, -0.25) is 4.90 Å². The molecule has 1 aromatic heterocycles. The first-order chi connectivity index (χ1) is 10.2. The maximum absolute atomic E-state index is 9.35. The molecule has 4 heteroatoms. The fraction of sp³-hybridized carbons (Fsp3) is 0.412. The van der Waals surface area contributed by atoms with Crippen molar-refractivity contribution in [3.63, 3.8) is 0 Å². The second-order valence-electron chi connectivity index (χ2n) is 6.07. The van der Waals surface area contributed by atoms with E-state index in [1.54, 1.807) is 6.20 Å². The molecule has 0 amide bonds. The minimum Gasteiger partial charge on any atom is -0.297 e. The molecule has 0 radical (unpaired) electrons. The summed E-state index contributed by atoms with van der Waals surface area (Å²) in [5.41, 5.74) is 2.16. The molecule has 1 saturated heterocycles. The van der Waals surface area contributed by atoms with Gasteiger partial charge in [-0.25, -0.2) is 4.68 Å². The van der Waals surface area contributed by atoms with Gasteiger partial charge in [-0.05, 0) is 44.0 Å². The molecule has 1 aliphatic rings. The molecule has 2 heterocycles. The van der Waals surface area contributed by atoms with Crippen molar-refractivity contribution in [3.8, 4) is 11.8 Å². The lowest BCUT2D eigenvalue weighted by Gasteiger charge is -2.36. The summed E-state index contributed by atoms with van der Waals surface area (Å²) in [4.78, 5) is 2.38. The van der Waals surface area contributed by atoms with Gasteiger partial charge in [-0.15, -0.1) is 0 Å². The van der Waals surface area contributed by atoms with Crippen molar-refractivity contribution >= 4 is 0 Å². The zero-order valence-electron chi connectivity index (χ0n) is 12.4. The van der Waals surface area contributed by atoms with Crippen LogP contribution in [0.4, 0.5) is 0 Å². The Bertz CT molecular complexity index is 641. The molecule has 0 unspecified atom stereocenters. The number of hydrogen-bond acceptors (Lipinski definition) is 3. The third-order valence-corrected chi connectivity index (χ3v) is 4.18. The van der Waals surface area contributed by atoms with Crippen molar-refractivity contribution in [2.24, 2.45) is 5.41 Å². The van der Waals surface area contributed by atoms with Crippen LogP contribution in [0.15, 0.2) is 42.7 Å². The number of hydrogen-bond donors (Lipinski definition) is 0. The highest BCUT2D eigenvalue weighted by Gasteiger charge is 2.31. The molecule has 3 rings (SSSR count). The van der Waals surface area contributed by atoms with Gasteiger partial charge in [-0.2, -0.15) is 10.4 Å². The van der Waals surface area contributed by atoms with E-state index < -0.39 is 0 Å². The van der Waals surface area contributed by atoms with E-state index in [9.17, 15) is 5.26 Å². The average molecular weight is 280 g/mol. The van der Waals surface area contributed by atoms with Gasteiger partial charge in [0, 0.05) is 25.5 Å². The van der Waals surface area contributed by atoms with E-state index in [1.807, 2.05) is 23.0 Å². The standard InChI is InChI=1S/C17H20N4/c1-17(13-18)8-4-10-20(14-17)12-15-6-2-3-7-16(15)21-11-5-9-19-21/h2-3,5-7,9,11H,4,8,10,12,14H2,1H3/t17-/m1/s1. The second-order valence-corrected chi connectivity index (χ2v) is 6.07. The zero-order valence-corrected chi connectivity index (χ0v) is 12.4. The Kier molecular flexibility index (Phi) is 3.76. The predicted octanol–water partition coefficient (Wildman–Crippen LogP) is 3.00. The van der Waals surface area contributed by atoms with E-state index in [2.05, 4.69) is 41.2 Å². The number of likely N-dealkylation sites (tertiary alicyclic amines) is 1. The van der Waals surface area contributed by atoms with E-state index >= 15 is 0 Å². The van der Waals surface area contributed by atoms with Crippen LogP contribution in [0.25, 0.3) is 5.69 Å². The lowest BCUT2D eigenvalue weighted by molar-refractivity contribution is 0.137. The fourth-order valence-electron chi connectivity index (χ4n) is 3.09. The molecule has 0 saturated carbocycles. The molecule has 0 aliphatic carbocycles. The van der Waals surface area contributed by atoms with Crippen LogP contribution in [0.1, 0.15) is 25.3 Å². The Balaban J connectivity index is 1.81. The van der Waals surface area contributed by atoms with Crippen LogP contribution in [0.2, 0.25) is 0 Å². The van der Waals surface area contributed by atoms with Crippen LogP contribution in [-0.2, 0) is 6.54 Å². The molecule has 2 aromatic rings. The third-order valence-electron chi connectivity index (χ3n) is 4.18. The van der Waals surface area contributed by atoms with Crippen LogP contribution < -0.4 is 0 Å². The lowest BCUT2D eigenvalue weighted by atomic mass is 9.83. The molecule has 1 aromatic carbocycles. The van der Waals surface area contributed by atoms with E-state index in [0.29, 0.717) is 0 Å². The summed E-state index contributed by atoms with van der Waals surface area (Å²) in [6, 6.07) is 12.8. The topological polar surface area (TPSA) is 44.9 Å². The molecule has 0 bridgehead atoms. The summed E-state index contributed by atoms with van der Waals surface area (Å²) < 4.78 is 1.91. The highest BCUT2D eigenvalue weighted by molar-refractivity contribution is 5.40. The number of piperidine rings is 1. The normalized spacial score (nSPS) is 22.9. The fourth-order valence-corrected chi connectivity index (χ4v) is 3.09. The van der Waals surface area contributed by atoms with Crippen LogP contribution >= 0.6 is 0 Å². The molecule has 1 atom stereocenters. The van der Waals surface area contributed by atoms with Crippen molar-refractivity contribution in [2.75, 3.05) is 13.1 Å². The Labute approximate surface area is 125 Å². The van der Waals surface area contributed by atoms with Crippen LogP contribution in [0.5, 0.6) is 0 Å². The van der Waals surface area contributed by atoms with Gasteiger partial charge in [0.05, 0.1) is 17.2 Å². The highest BCUT2D eigenvalue weighted by atomic mass is 15.3. The van der Waals surface area contributed by atoms with E-state index in [-0.39, 0.29) is 5.41 Å². The molecule has 4 nitrogen and oxygen atoms in total. The van der Waals surface area contributed by atoms with Crippen molar-refractivity contribution in [1.29, 1.82) is 5.26 Å². The summed E-state index contributed by atoms with van der Waals surface area (Å²) >= 11 is 0. The van der Waals surface area contributed by atoms with Crippen LogP contribution in [-0.4, -0.2) is 27.8 Å². The number of para-hydroxylation sites is 1. The molecule has 108 valence electrons. The maximum Gasteiger partial charge on any atom is 0.0700 e. The quantitative estimate of drug-likeness (QED) is 0.868. The Morgan fingerprint density at radius 3 is 2.95 bits per heavy atom. The zero-order chi connectivity index (χ0) is 14.7. The Morgan fingerprint density at radius 1 is 1.33 bits per heavy atom. The Morgan fingerprint density at radius 2 is 2.19 bits per heavy atom. The number of benzene rings is 1. The van der Waals surface area contributed by atoms with Gasteiger partial charge in [0.15, 0.2) is 0 Å². The Hall–Kier alpha value is -2.12. The smallest absolute Gasteiger partial charge is 0.0700 e. The van der Waals surface area contributed by atoms with Crippen molar-refractivity contribution < 1.29 is 0 Å². The minimum absolute atomic E-state index is 0.209. The summed E-state index contributed by atoms with van der Waals surface area (Å²) in [5, 5.41) is 13.7. The van der Waals surface area contributed by atoms with E-state index in [4.69, 9.17) is 0 Å². The van der Waals surface area contributed by atoms with Crippen molar-refractivity contribution in [2.45, 2.75) is 26.3 Å². The largest absolute Gasteiger partial charge is 0.297 e. The first kappa shape index (κ1) is 13.8. The first-order valence-electron chi connectivity index (χ1n) is 7.42. The number of aromatic nitrogens is 2. The minimum atomic E-state index is -0.209. The molecule has 0 N–H and O–H groups in total. The van der Waals surface area contributed by atoms with E-state index in [0.717, 1.165) is 38.2 Å². The summed E-state index contributed by atoms with van der Waals surface area (Å²) in [7, 11) is 0. The van der Waals surface area contributed by atoms with Gasteiger partial charge in [0.2, 0.25) is 0 Å². The molecule has 1 aliphatic heterocycles. The number of nitriles is 1. The molecular weight excluding hydrogens is 260 g/mol. The van der Waals surface area contributed by atoms with Gasteiger partial charge >= 0.3 is 0 Å². The third kappa shape index (κ3) is 2.98. The average Bonchev–Trinajstić information content (AvgIpc) is 3.02. The molecular formula is C17H20N4. The van der Waals surface area contributed by atoms with Crippen LogP contribution in [0, 0.1) is 16.7 Å². The molecule has 21 heavy (non-hydrogen) atoms. The van der Waals surface area contributed by atoms with Gasteiger partial charge in [0.25, 0.3) is 0 Å². The maximum atomic E-state index is 9.35. The SMILES string of the molecule is C[C@]1(C#N)CCCN(Cc2ccccc2-n2cccn2)C1. The number of nitrogens with zero attached hydrogens (tertiary/aromatic N) is 4. The van der Waals surface area contributed by atoms with Crippen molar-refractivity contribution in [1.82, 2.24) is 14.7 Å². The van der Waals surface area contributed by atoms with Crippen LogP contribution in [0.3, 0.4) is 0 Å². The number of rotatable bonds is 3. The lowest BCUT2D eigenvalue weighted by Crippen LogP contribution is -2.40. The van der Waals surface area contributed by atoms with Gasteiger partial charge in [0.1, 0.15) is 0 Å². The summed E-state index contributed by atoms with van der Waals surface area (Å²) in [6.07, 6.45) is 5.85. The second kappa shape index (κ2) is 5.71. The van der Waals surface area contributed by atoms with Crippen molar-refractivity contribution in [3.05, 3.63) is 48.3 Å². The van der Waals surface area contributed by atoms with Gasteiger partial charge in [-0.1, -0.05) is 18.2 Å². The predicted molar refractivity (Wildman–Crippen MR) is 81.8 cm³/mol. The molecule has 1 fully saturated rings. The highest BCUT2D eigenvalue weighted by Crippen LogP contribution is 2.29. The van der Waals surface area contributed by atoms with E-state index in [1.165, 1.54) is 5.56 Å². The monoisotopic (exact) mass is 280 g/mol. The summed E-state index contributed by atoms with van der Waals surface area (Å²) in [6.45, 7) is 4.84.